The summed E-state index contributed by atoms with van der Waals surface area (Å²) in [7, 11) is 0. The Kier molecular flexibility index (Phi) is 2.83. The van der Waals surface area contributed by atoms with Crippen molar-refractivity contribution >= 4 is 22.6 Å². The summed E-state index contributed by atoms with van der Waals surface area (Å²) >= 11 is 0. The summed E-state index contributed by atoms with van der Waals surface area (Å²) in [6.45, 7) is 1.38. The number of pyridine rings is 1. The van der Waals surface area contributed by atoms with E-state index in [2.05, 4.69) is 9.88 Å². The Labute approximate surface area is 110 Å². The molecular formula is C14H14N2O3. The Hall–Kier alpha value is -2.14. The van der Waals surface area contributed by atoms with Crippen molar-refractivity contribution < 1.29 is 15.0 Å². The molecule has 3 rings (SSSR count). The zero-order valence-electron chi connectivity index (χ0n) is 10.3. The maximum absolute atomic E-state index is 11.2. The standard InChI is InChI=1S/C14H14N2O3/c17-10-4-6-16(8-10)9-1-2-13-12(7-9)11(14(18)19)3-5-15-13/h1-3,5,7,10,17H,4,6,8H2,(H,18,19). The first-order chi connectivity index (χ1) is 9.15. The van der Waals surface area contributed by atoms with Crippen LogP contribution in [0.4, 0.5) is 5.69 Å². The molecule has 5 heteroatoms. The fourth-order valence-electron chi connectivity index (χ4n) is 2.49. The first-order valence-electron chi connectivity index (χ1n) is 6.20. The fraction of sp³-hybridized carbons (Fsp3) is 0.286. The highest BCUT2D eigenvalue weighted by molar-refractivity contribution is 6.03. The van der Waals surface area contributed by atoms with Crippen LogP contribution < -0.4 is 4.90 Å². The number of anilines is 1. The van der Waals surface area contributed by atoms with E-state index in [0.29, 0.717) is 17.4 Å². The quantitative estimate of drug-likeness (QED) is 0.854. The second-order valence-corrected chi connectivity index (χ2v) is 4.75. The Morgan fingerprint density at radius 3 is 2.89 bits per heavy atom. The van der Waals surface area contributed by atoms with Gasteiger partial charge < -0.3 is 15.1 Å². The van der Waals surface area contributed by atoms with Gasteiger partial charge in [0, 0.05) is 30.4 Å². The van der Waals surface area contributed by atoms with Crippen molar-refractivity contribution in [3.63, 3.8) is 0 Å². The molecule has 5 nitrogen and oxygen atoms in total. The van der Waals surface area contributed by atoms with E-state index in [1.807, 2.05) is 18.2 Å². The molecule has 1 atom stereocenters. The first-order valence-corrected chi connectivity index (χ1v) is 6.20. The van der Waals surface area contributed by atoms with E-state index in [1.54, 1.807) is 0 Å². The first kappa shape index (κ1) is 11.9. The summed E-state index contributed by atoms with van der Waals surface area (Å²) in [5.74, 6) is -0.953. The Morgan fingerprint density at radius 1 is 1.37 bits per heavy atom. The summed E-state index contributed by atoms with van der Waals surface area (Å²) in [5, 5.41) is 19.4. The summed E-state index contributed by atoms with van der Waals surface area (Å²) in [5.41, 5.74) is 1.86. The molecular weight excluding hydrogens is 244 g/mol. The van der Waals surface area contributed by atoms with Crippen molar-refractivity contribution in [1.29, 1.82) is 0 Å². The number of carbonyl (C=O) groups is 1. The number of β-amino-alcohol motifs (C(OH)–C–C–N with tert-alkyl or cyclic N) is 1. The topological polar surface area (TPSA) is 73.7 Å². The summed E-state index contributed by atoms with van der Waals surface area (Å²) in [6.07, 6.45) is 1.95. The van der Waals surface area contributed by atoms with Crippen LogP contribution in [0.2, 0.25) is 0 Å². The second kappa shape index (κ2) is 4.51. The summed E-state index contributed by atoms with van der Waals surface area (Å²) in [6, 6.07) is 7.08. The van der Waals surface area contributed by atoms with E-state index in [4.69, 9.17) is 0 Å². The average Bonchev–Trinajstić information content (AvgIpc) is 2.84. The van der Waals surface area contributed by atoms with Gasteiger partial charge in [-0.15, -0.1) is 0 Å². The van der Waals surface area contributed by atoms with Gasteiger partial charge in [-0.05, 0) is 30.7 Å². The molecule has 0 radical (unpaired) electrons. The van der Waals surface area contributed by atoms with Crippen molar-refractivity contribution in [3.05, 3.63) is 36.0 Å². The van der Waals surface area contributed by atoms with Gasteiger partial charge in [0.05, 0.1) is 17.2 Å². The molecule has 2 aromatic rings. The molecule has 98 valence electrons. The molecule has 0 aliphatic carbocycles. The van der Waals surface area contributed by atoms with Gasteiger partial charge in [0.1, 0.15) is 0 Å². The van der Waals surface area contributed by atoms with Gasteiger partial charge in [0.15, 0.2) is 0 Å². The van der Waals surface area contributed by atoms with Crippen LogP contribution in [0, 0.1) is 0 Å². The number of fused-ring (bicyclic) bond motifs is 1. The van der Waals surface area contributed by atoms with Crippen LogP contribution in [0.5, 0.6) is 0 Å². The van der Waals surface area contributed by atoms with E-state index < -0.39 is 5.97 Å². The number of nitrogens with zero attached hydrogens (tertiary/aromatic N) is 2. The second-order valence-electron chi connectivity index (χ2n) is 4.75. The third-order valence-electron chi connectivity index (χ3n) is 3.48. The minimum atomic E-state index is -0.953. The third-order valence-corrected chi connectivity index (χ3v) is 3.48. The van der Waals surface area contributed by atoms with Crippen LogP contribution in [0.15, 0.2) is 30.5 Å². The number of aromatic carboxylic acids is 1. The molecule has 1 aromatic heterocycles. The van der Waals surface area contributed by atoms with Crippen LogP contribution in [0.1, 0.15) is 16.8 Å². The summed E-state index contributed by atoms with van der Waals surface area (Å²) in [4.78, 5) is 17.5. The molecule has 0 bridgehead atoms. The average molecular weight is 258 g/mol. The Morgan fingerprint density at radius 2 is 2.21 bits per heavy atom. The van der Waals surface area contributed by atoms with Crippen LogP contribution in [-0.2, 0) is 0 Å². The van der Waals surface area contributed by atoms with E-state index >= 15 is 0 Å². The monoisotopic (exact) mass is 258 g/mol. The van der Waals surface area contributed by atoms with Crippen LogP contribution in [0.3, 0.4) is 0 Å². The van der Waals surface area contributed by atoms with E-state index in [0.717, 1.165) is 18.7 Å². The lowest BCUT2D eigenvalue weighted by molar-refractivity contribution is 0.0699. The molecule has 1 fully saturated rings. The van der Waals surface area contributed by atoms with Gasteiger partial charge in [0.2, 0.25) is 0 Å². The molecule has 1 aromatic carbocycles. The number of hydrogen-bond donors (Lipinski definition) is 2. The Balaban J connectivity index is 2.09. The SMILES string of the molecule is O=C(O)c1ccnc2ccc(N3CCC(O)C3)cc12. The molecule has 2 N–H and O–H groups in total. The van der Waals surface area contributed by atoms with Gasteiger partial charge in [-0.25, -0.2) is 4.79 Å². The number of carboxylic acids is 1. The van der Waals surface area contributed by atoms with Crippen molar-refractivity contribution in [2.45, 2.75) is 12.5 Å². The molecule has 0 spiro atoms. The number of aliphatic hydroxyl groups is 1. The number of aliphatic hydroxyl groups excluding tert-OH is 1. The molecule has 1 unspecified atom stereocenters. The highest BCUT2D eigenvalue weighted by Crippen LogP contribution is 2.26. The van der Waals surface area contributed by atoms with E-state index in [9.17, 15) is 15.0 Å². The molecule has 1 saturated heterocycles. The van der Waals surface area contributed by atoms with Crippen molar-refractivity contribution in [2.75, 3.05) is 18.0 Å². The number of aromatic nitrogens is 1. The highest BCUT2D eigenvalue weighted by Gasteiger charge is 2.21. The van der Waals surface area contributed by atoms with Gasteiger partial charge in [-0.2, -0.15) is 0 Å². The molecule has 2 heterocycles. The Bertz CT molecular complexity index is 642. The van der Waals surface area contributed by atoms with Crippen molar-refractivity contribution in [1.82, 2.24) is 4.98 Å². The van der Waals surface area contributed by atoms with Gasteiger partial charge in [-0.1, -0.05) is 0 Å². The largest absolute Gasteiger partial charge is 0.478 e. The molecule has 1 aliphatic rings. The molecule has 0 amide bonds. The van der Waals surface area contributed by atoms with Gasteiger partial charge in [-0.3, -0.25) is 4.98 Å². The number of carboxylic acid groups (broad SMARTS) is 1. The lowest BCUT2D eigenvalue weighted by Crippen LogP contribution is -2.21. The van der Waals surface area contributed by atoms with Gasteiger partial charge in [0.25, 0.3) is 0 Å². The van der Waals surface area contributed by atoms with Crippen molar-refractivity contribution in [2.24, 2.45) is 0 Å². The zero-order valence-corrected chi connectivity index (χ0v) is 10.3. The summed E-state index contributed by atoms with van der Waals surface area (Å²) < 4.78 is 0. The predicted octanol–water partition coefficient (Wildman–Crippen LogP) is 1.50. The zero-order chi connectivity index (χ0) is 13.4. The van der Waals surface area contributed by atoms with Crippen molar-refractivity contribution in [3.8, 4) is 0 Å². The molecule has 19 heavy (non-hydrogen) atoms. The predicted molar refractivity (Wildman–Crippen MR) is 71.5 cm³/mol. The number of benzene rings is 1. The fourth-order valence-corrected chi connectivity index (χ4v) is 2.49. The molecule has 1 aliphatic heterocycles. The maximum atomic E-state index is 11.2. The van der Waals surface area contributed by atoms with Crippen LogP contribution in [-0.4, -0.2) is 40.4 Å². The minimum Gasteiger partial charge on any atom is -0.478 e. The van der Waals surface area contributed by atoms with Gasteiger partial charge >= 0.3 is 5.97 Å². The number of hydrogen-bond acceptors (Lipinski definition) is 4. The number of rotatable bonds is 2. The van der Waals surface area contributed by atoms with E-state index in [-0.39, 0.29) is 11.7 Å². The van der Waals surface area contributed by atoms with E-state index in [1.165, 1.54) is 12.3 Å². The third kappa shape index (κ3) is 2.13. The van der Waals surface area contributed by atoms with Crippen LogP contribution in [0.25, 0.3) is 10.9 Å². The normalized spacial score (nSPS) is 19.0. The lowest BCUT2D eigenvalue weighted by atomic mass is 10.1. The maximum Gasteiger partial charge on any atom is 0.336 e. The highest BCUT2D eigenvalue weighted by atomic mass is 16.4. The minimum absolute atomic E-state index is 0.256. The smallest absolute Gasteiger partial charge is 0.336 e. The molecule has 0 saturated carbocycles. The lowest BCUT2D eigenvalue weighted by Gasteiger charge is -2.18. The van der Waals surface area contributed by atoms with Crippen LogP contribution >= 0.6 is 0 Å².